The summed E-state index contributed by atoms with van der Waals surface area (Å²) < 4.78 is 0. The Hall–Kier alpha value is -3.81. The quantitative estimate of drug-likeness (QED) is 0.635. The minimum atomic E-state index is -0.842. The van der Waals surface area contributed by atoms with Gasteiger partial charge in [-0.1, -0.05) is 19.1 Å². The van der Waals surface area contributed by atoms with Crippen molar-refractivity contribution in [1.82, 2.24) is 14.9 Å². The zero-order valence-electron chi connectivity index (χ0n) is 17.1. The molecular formula is C23H23N5O3. The molecule has 4 rings (SSSR count). The molecule has 3 heterocycles. The van der Waals surface area contributed by atoms with Crippen molar-refractivity contribution in [3.8, 4) is 0 Å². The number of pyridine rings is 2. The number of hydrogen-bond acceptors (Lipinski definition) is 5. The topological polar surface area (TPSA) is 118 Å². The third-order valence-corrected chi connectivity index (χ3v) is 5.63. The monoisotopic (exact) mass is 417 g/mol. The van der Waals surface area contributed by atoms with Crippen molar-refractivity contribution in [2.24, 2.45) is 11.7 Å². The Bertz CT molecular complexity index is 1160. The average Bonchev–Trinajstić information content (AvgIpc) is 2.78. The molecule has 0 saturated carbocycles. The van der Waals surface area contributed by atoms with Gasteiger partial charge in [0.15, 0.2) is 0 Å². The molecule has 0 radical (unpaired) electrons. The molecule has 0 spiro atoms. The van der Waals surface area contributed by atoms with Crippen LogP contribution in [0.15, 0.2) is 55.0 Å². The van der Waals surface area contributed by atoms with E-state index in [1.165, 1.54) is 18.3 Å². The standard InChI is InChI=1S/C23H23N5O3/c1-14-4-7-19(16-5-6-17-12-25-10-8-15(17)11-16)28(13-14)23(31)22(30)27-21-18(20(24)29)3-2-9-26-21/h2-3,5-6,8-12,14,19H,4,7,13H2,1H3,(H2,24,29)(H,26,27,30)/t14-,19+/m1/s1. The number of rotatable bonds is 3. The minimum absolute atomic E-state index is 0.0202. The van der Waals surface area contributed by atoms with E-state index in [9.17, 15) is 14.4 Å². The second kappa shape index (κ2) is 8.51. The summed E-state index contributed by atoms with van der Waals surface area (Å²) in [6.07, 6.45) is 6.65. The van der Waals surface area contributed by atoms with Crippen molar-refractivity contribution in [3.63, 3.8) is 0 Å². The number of likely N-dealkylation sites (tertiary alicyclic amines) is 1. The fourth-order valence-corrected chi connectivity index (χ4v) is 4.03. The predicted molar refractivity (Wildman–Crippen MR) is 116 cm³/mol. The molecule has 8 nitrogen and oxygen atoms in total. The van der Waals surface area contributed by atoms with Crippen LogP contribution in [0, 0.1) is 5.92 Å². The van der Waals surface area contributed by atoms with Crippen LogP contribution in [0.1, 0.15) is 41.7 Å². The summed E-state index contributed by atoms with van der Waals surface area (Å²) in [6, 6.07) is 10.7. The summed E-state index contributed by atoms with van der Waals surface area (Å²) in [6.45, 7) is 2.53. The number of aromatic nitrogens is 2. The number of nitrogens with two attached hydrogens (primary N) is 1. The van der Waals surface area contributed by atoms with Gasteiger partial charge in [-0.2, -0.15) is 0 Å². The minimum Gasteiger partial charge on any atom is -0.365 e. The summed E-state index contributed by atoms with van der Waals surface area (Å²) in [5.41, 5.74) is 6.37. The van der Waals surface area contributed by atoms with Crippen molar-refractivity contribution in [2.75, 3.05) is 11.9 Å². The van der Waals surface area contributed by atoms with E-state index in [1.807, 2.05) is 24.3 Å². The highest BCUT2D eigenvalue weighted by Gasteiger charge is 2.34. The maximum absolute atomic E-state index is 13.1. The summed E-state index contributed by atoms with van der Waals surface area (Å²) >= 11 is 0. The SMILES string of the molecule is C[C@@H]1CC[C@@H](c2ccc3cnccc3c2)N(C(=O)C(=O)Nc2ncccc2C(N)=O)C1. The van der Waals surface area contributed by atoms with Crippen LogP contribution in [-0.4, -0.2) is 39.1 Å². The van der Waals surface area contributed by atoms with E-state index in [-0.39, 0.29) is 23.3 Å². The Morgan fingerprint density at radius 2 is 1.94 bits per heavy atom. The van der Waals surface area contributed by atoms with Crippen LogP contribution >= 0.6 is 0 Å². The van der Waals surface area contributed by atoms with Gasteiger partial charge in [0.25, 0.3) is 5.91 Å². The zero-order valence-corrected chi connectivity index (χ0v) is 17.1. The molecule has 1 aliphatic heterocycles. The van der Waals surface area contributed by atoms with E-state index in [2.05, 4.69) is 22.2 Å². The lowest BCUT2D eigenvalue weighted by Crippen LogP contribution is -2.46. The highest BCUT2D eigenvalue weighted by Crippen LogP contribution is 2.34. The van der Waals surface area contributed by atoms with Gasteiger partial charge in [0.2, 0.25) is 0 Å². The van der Waals surface area contributed by atoms with Gasteiger partial charge in [-0.3, -0.25) is 19.4 Å². The smallest absolute Gasteiger partial charge is 0.315 e. The number of primary amides is 1. The summed E-state index contributed by atoms with van der Waals surface area (Å²) in [5, 5.41) is 4.50. The van der Waals surface area contributed by atoms with E-state index in [4.69, 9.17) is 5.73 Å². The lowest BCUT2D eigenvalue weighted by atomic mass is 9.89. The molecular weight excluding hydrogens is 394 g/mol. The van der Waals surface area contributed by atoms with E-state index in [0.717, 1.165) is 29.2 Å². The Balaban J connectivity index is 1.60. The number of amides is 3. The third-order valence-electron chi connectivity index (χ3n) is 5.63. The second-order valence-electron chi connectivity index (χ2n) is 7.86. The van der Waals surface area contributed by atoms with Crippen LogP contribution in [0.2, 0.25) is 0 Å². The number of fused-ring (bicyclic) bond motifs is 1. The number of hydrogen-bond donors (Lipinski definition) is 2. The Morgan fingerprint density at radius 3 is 2.74 bits per heavy atom. The van der Waals surface area contributed by atoms with Crippen molar-refractivity contribution in [3.05, 3.63) is 66.1 Å². The largest absolute Gasteiger partial charge is 0.365 e. The summed E-state index contributed by atoms with van der Waals surface area (Å²) in [4.78, 5) is 47.2. The molecule has 1 aromatic carbocycles. The molecule has 2 aromatic heterocycles. The van der Waals surface area contributed by atoms with E-state index >= 15 is 0 Å². The highest BCUT2D eigenvalue weighted by molar-refractivity contribution is 6.39. The first-order chi connectivity index (χ1) is 14.9. The van der Waals surface area contributed by atoms with Gasteiger partial charge in [0.1, 0.15) is 5.82 Å². The Labute approximate surface area is 179 Å². The van der Waals surface area contributed by atoms with E-state index in [1.54, 1.807) is 17.3 Å². The number of carbonyl (C=O) groups is 3. The number of anilines is 1. The zero-order chi connectivity index (χ0) is 22.0. The van der Waals surface area contributed by atoms with Crippen molar-refractivity contribution in [2.45, 2.75) is 25.8 Å². The van der Waals surface area contributed by atoms with Crippen molar-refractivity contribution < 1.29 is 14.4 Å². The maximum Gasteiger partial charge on any atom is 0.315 e. The van der Waals surface area contributed by atoms with Crippen LogP contribution in [0.5, 0.6) is 0 Å². The normalized spacial score (nSPS) is 18.5. The Kier molecular flexibility index (Phi) is 5.62. The lowest BCUT2D eigenvalue weighted by molar-refractivity contribution is -0.146. The van der Waals surface area contributed by atoms with Crippen molar-refractivity contribution >= 4 is 34.3 Å². The van der Waals surface area contributed by atoms with Gasteiger partial charge < -0.3 is 16.0 Å². The molecule has 0 aliphatic carbocycles. The lowest BCUT2D eigenvalue weighted by Gasteiger charge is -2.38. The van der Waals surface area contributed by atoms with Gasteiger partial charge in [-0.15, -0.1) is 0 Å². The number of nitrogens with zero attached hydrogens (tertiary/aromatic N) is 3. The molecule has 0 bridgehead atoms. The molecule has 2 atom stereocenters. The molecule has 1 fully saturated rings. The first kappa shape index (κ1) is 20.5. The first-order valence-corrected chi connectivity index (χ1v) is 10.1. The van der Waals surface area contributed by atoms with Crippen LogP contribution in [0.25, 0.3) is 10.8 Å². The fraction of sp³-hybridized carbons (Fsp3) is 0.261. The van der Waals surface area contributed by atoms with Crippen LogP contribution < -0.4 is 11.1 Å². The van der Waals surface area contributed by atoms with Gasteiger partial charge >= 0.3 is 11.8 Å². The third kappa shape index (κ3) is 4.23. The second-order valence-corrected chi connectivity index (χ2v) is 7.86. The molecule has 8 heteroatoms. The number of piperidine rings is 1. The van der Waals surface area contributed by atoms with Gasteiger partial charge in [0, 0.05) is 30.5 Å². The van der Waals surface area contributed by atoms with Crippen LogP contribution in [0.3, 0.4) is 0 Å². The molecule has 1 saturated heterocycles. The highest BCUT2D eigenvalue weighted by atomic mass is 16.2. The molecule has 3 N–H and O–H groups in total. The summed E-state index contributed by atoms with van der Waals surface area (Å²) in [5.74, 6) is -1.98. The molecule has 1 aliphatic rings. The van der Waals surface area contributed by atoms with Crippen molar-refractivity contribution in [1.29, 1.82) is 0 Å². The number of nitrogens with one attached hydrogen (secondary N) is 1. The van der Waals surface area contributed by atoms with E-state index < -0.39 is 17.7 Å². The fourth-order valence-electron chi connectivity index (χ4n) is 4.03. The molecule has 3 amide bonds. The average molecular weight is 417 g/mol. The number of carbonyl (C=O) groups excluding carboxylic acids is 3. The number of benzene rings is 1. The van der Waals surface area contributed by atoms with Gasteiger partial charge in [-0.25, -0.2) is 4.98 Å². The maximum atomic E-state index is 13.1. The van der Waals surface area contributed by atoms with Crippen LogP contribution in [0.4, 0.5) is 5.82 Å². The summed E-state index contributed by atoms with van der Waals surface area (Å²) in [7, 11) is 0. The predicted octanol–water partition coefficient (Wildman–Crippen LogP) is 2.67. The van der Waals surface area contributed by atoms with Gasteiger partial charge in [0.05, 0.1) is 11.6 Å². The first-order valence-electron chi connectivity index (χ1n) is 10.1. The molecule has 158 valence electrons. The molecule has 0 unspecified atom stereocenters. The van der Waals surface area contributed by atoms with E-state index in [0.29, 0.717) is 6.54 Å². The van der Waals surface area contributed by atoms with Gasteiger partial charge in [-0.05, 0) is 54.0 Å². The molecule has 3 aromatic rings. The molecule has 31 heavy (non-hydrogen) atoms. The Morgan fingerprint density at radius 1 is 1.10 bits per heavy atom. The van der Waals surface area contributed by atoms with Crippen LogP contribution in [-0.2, 0) is 9.59 Å².